The van der Waals surface area contributed by atoms with E-state index in [9.17, 15) is 4.79 Å². The molecule has 0 atom stereocenters. The number of carbonyl (C=O) groups excluding carboxylic acids is 1. The van der Waals surface area contributed by atoms with Crippen LogP contribution in [0.15, 0.2) is 0 Å². The highest BCUT2D eigenvalue weighted by Crippen LogP contribution is 2.24. The van der Waals surface area contributed by atoms with Gasteiger partial charge in [-0.2, -0.15) is 0 Å². The van der Waals surface area contributed by atoms with E-state index in [2.05, 4.69) is 22.0 Å². The summed E-state index contributed by atoms with van der Waals surface area (Å²) in [5.41, 5.74) is 0. The molecule has 2 fully saturated rings. The van der Waals surface area contributed by atoms with Crippen molar-refractivity contribution in [2.75, 3.05) is 39.3 Å². The van der Waals surface area contributed by atoms with Crippen LogP contribution in [0.25, 0.3) is 0 Å². The van der Waals surface area contributed by atoms with Crippen LogP contribution in [0.2, 0.25) is 0 Å². The molecule has 1 aliphatic carbocycles. The second-order valence-corrected chi connectivity index (χ2v) is 5.95. The summed E-state index contributed by atoms with van der Waals surface area (Å²) in [5, 5.41) is 3.00. The van der Waals surface area contributed by atoms with Gasteiger partial charge in [-0.05, 0) is 19.3 Å². The van der Waals surface area contributed by atoms with Crippen LogP contribution in [-0.2, 0) is 4.79 Å². The Morgan fingerprint density at radius 1 is 1.16 bits per heavy atom. The highest BCUT2D eigenvalue weighted by molar-refractivity contribution is 5.77. The van der Waals surface area contributed by atoms with Gasteiger partial charge in [0.15, 0.2) is 0 Å². The largest absolute Gasteiger partial charge is 0.355 e. The first-order chi connectivity index (χ1) is 9.29. The summed E-state index contributed by atoms with van der Waals surface area (Å²) in [7, 11) is 0. The van der Waals surface area contributed by atoms with E-state index in [0.717, 1.165) is 51.6 Å². The van der Waals surface area contributed by atoms with Crippen LogP contribution < -0.4 is 5.32 Å². The Hall–Kier alpha value is -0.610. The van der Waals surface area contributed by atoms with Gasteiger partial charge in [0.2, 0.25) is 5.91 Å². The van der Waals surface area contributed by atoms with Gasteiger partial charge in [0.05, 0.1) is 6.54 Å². The quantitative estimate of drug-likeness (QED) is 0.740. The summed E-state index contributed by atoms with van der Waals surface area (Å²) in [6.07, 6.45) is 7.81. The topological polar surface area (TPSA) is 35.6 Å². The Labute approximate surface area is 117 Å². The lowest BCUT2D eigenvalue weighted by atomic mass is 10.2. The fourth-order valence-corrected chi connectivity index (χ4v) is 3.22. The molecule has 0 bridgehead atoms. The number of unbranched alkanes of at least 4 members (excludes halogenated alkanes) is 1. The SMILES string of the molecule is CCCCNC(=O)CN1CCN(C2CCCC2)CC1. The number of carbonyl (C=O) groups is 1. The van der Waals surface area contributed by atoms with Crippen molar-refractivity contribution in [2.45, 2.75) is 51.5 Å². The molecule has 1 aliphatic heterocycles. The highest BCUT2D eigenvalue weighted by Gasteiger charge is 2.26. The van der Waals surface area contributed by atoms with E-state index < -0.39 is 0 Å². The molecule has 4 nitrogen and oxygen atoms in total. The van der Waals surface area contributed by atoms with Crippen molar-refractivity contribution in [3.05, 3.63) is 0 Å². The Morgan fingerprint density at radius 2 is 1.84 bits per heavy atom. The standard InChI is InChI=1S/C15H29N3O/c1-2-3-8-16-15(19)13-17-9-11-18(12-10-17)14-6-4-5-7-14/h14H,2-13H2,1H3,(H,16,19). The van der Waals surface area contributed by atoms with Gasteiger partial charge in [-0.1, -0.05) is 26.2 Å². The van der Waals surface area contributed by atoms with Crippen molar-refractivity contribution >= 4 is 5.91 Å². The minimum atomic E-state index is 0.197. The summed E-state index contributed by atoms with van der Waals surface area (Å²) >= 11 is 0. The van der Waals surface area contributed by atoms with Crippen molar-refractivity contribution in [1.29, 1.82) is 0 Å². The van der Waals surface area contributed by atoms with Gasteiger partial charge in [-0.25, -0.2) is 0 Å². The van der Waals surface area contributed by atoms with Gasteiger partial charge in [0.1, 0.15) is 0 Å². The number of amides is 1. The smallest absolute Gasteiger partial charge is 0.234 e. The molecule has 0 aromatic heterocycles. The predicted octanol–water partition coefficient (Wildman–Crippen LogP) is 1.46. The minimum Gasteiger partial charge on any atom is -0.355 e. The summed E-state index contributed by atoms with van der Waals surface area (Å²) in [6, 6.07) is 0.834. The average molecular weight is 267 g/mol. The fourth-order valence-electron chi connectivity index (χ4n) is 3.22. The predicted molar refractivity (Wildman–Crippen MR) is 78.2 cm³/mol. The van der Waals surface area contributed by atoms with Crippen molar-refractivity contribution in [1.82, 2.24) is 15.1 Å². The van der Waals surface area contributed by atoms with Crippen LogP contribution >= 0.6 is 0 Å². The molecule has 4 heteroatoms. The number of rotatable bonds is 6. The molecule has 1 saturated carbocycles. The summed E-state index contributed by atoms with van der Waals surface area (Å²) in [6.45, 7) is 7.96. The molecular weight excluding hydrogens is 238 g/mol. The van der Waals surface area contributed by atoms with E-state index in [1.807, 2.05) is 0 Å². The Morgan fingerprint density at radius 3 is 2.47 bits per heavy atom. The van der Waals surface area contributed by atoms with E-state index in [1.165, 1.54) is 25.7 Å². The molecule has 2 rings (SSSR count). The first-order valence-electron chi connectivity index (χ1n) is 8.02. The molecule has 110 valence electrons. The Bertz CT molecular complexity index is 269. The normalized spacial score (nSPS) is 22.8. The third-order valence-electron chi connectivity index (χ3n) is 4.47. The summed E-state index contributed by atoms with van der Waals surface area (Å²) < 4.78 is 0. The van der Waals surface area contributed by atoms with Gasteiger partial charge in [0.25, 0.3) is 0 Å². The first-order valence-corrected chi connectivity index (χ1v) is 8.02. The number of piperazine rings is 1. The van der Waals surface area contributed by atoms with Crippen LogP contribution in [0.3, 0.4) is 0 Å². The summed E-state index contributed by atoms with van der Waals surface area (Å²) in [4.78, 5) is 16.7. The summed E-state index contributed by atoms with van der Waals surface area (Å²) in [5.74, 6) is 0.197. The van der Waals surface area contributed by atoms with Crippen molar-refractivity contribution in [3.8, 4) is 0 Å². The zero-order valence-corrected chi connectivity index (χ0v) is 12.4. The molecule has 0 radical (unpaired) electrons. The van der Waals surface area contributed by atoms with E-state index in [4.69, 9.17) is 0 Å². The van der Waals surface area contributed by atoms with Crippen LogP contribution in [0.5, 0.6) is 0 Å². The average Bonchev–Trinajstić information content (AvgIpc) is 2.94. The van der Waals surface area contributed by atoms with E-state index >= 15 is 0 Å². The third kappa shape index (κ3) is 4.77. The molecule has 1 N–H and O–H groups in total. The van der Waals surface area contributed by atoms with Crippen LogP contribution in [0.1, 0.15) is 45.4 Å². The zero-order chi connectivity index (χ0) is 13.5. The Balaban J connectivity index is 1.61. The number of hydrogen-bond donors (Lipinski definition) is 1. The van der Waals surface area contributed by atoms with Gasteiger partial charge < -0.3 is 5.32 Å². The van der Waals surface area contributed by atoms with E-state index in [-0.39, 0.29) is 5.91 Å². The molecule has 1 amide bonds. The maximum absolute atomic E-state index is 11.8. The molecule has 0 unspecified atom stereocenters. The zero-order valence-electron chi connectivity index (χ0n) is 12.4. The lowest BCUT2D eigenvalue weighted by molar-refractivity contribution is -0.122. The highest BCUT2D eigenvalue weighted by atomic mass is 16.2. The van der Waals surface area contributed by atoms with E-state index in [0.29, 0.717) is 6.54 Å². The molecule has 2 aliphatic rings. The lowest BCUT2D eigenvalue weighted by Crippen LogP contribution is -2.51. The monoisotopic (exact) mass is 267 g/mol. The fraction of sp³-hybridized carbons (Fsp3) is 0.933. The van der Waals surface area contributed by atoms with Crippen molar-refractivity contribution in [2.24, 2.45) is 0 Å². The van der Waals surface area contributed by atoms with Crippen LogP contribution in [0.4, 0.5) is 0 Å². The molecule has 0 aromatic rings. The van der Waals surface area contributed by atoms with Gasteiger partial charge >= 0.3 is 0 Å². The van der Waals surface area contributed by atoms with Crippen molar-refractivity contribution < 1.29 is 4.79 Å². The van der Waals surface area contributed by atoms with E-state index in [1.54, 1.807) is 0 Å². The molecule has 19 heavy (non-hydrogen) atoms. The number of nitrogens with one attached hydrogen (secondary N) is 1. The number of nitrogens with zero attached hydrogens (tertiary/aromatic N) is 2. The maximum Gasteiger partial charge on any atom is 0.234 e. The van der Waals surface area contributed by atoms with Crippen LogP contribution in [0, 0.1) is 0 Å². The lowest BCUT2D eigenvalue weighted by Gasteiger charge is -2.37. The first kappa shape index (κ1) is 14.8. The molecule has 0 aromatic carbocycles. The second kappa shape index (κ2) is 7.85. The van der Waals surface area contributed by atoms with Crippen LogP contribution in [-0.4, -0.2) is 61.0 Å². The van der Waals surface area contributed by atoms with Gasteiger partial charge in [-0.3, -0.25) is 14.6 Å². The molecule has 0 spiro atoms. The van der Waals surface area contributed by atoms with Gasteiger partial charge in [0, 0.05) is 38.8 Å². The Kier molecular flexibility index (Phi) is 6.11. The van der Waals surface area contributed by atoms with Crippen molar-refractivity contribution in [3.63, 3.8) is 0 Å². The minimum absolute atomic E-state index is 0.197. The third-order valence-corrected chi connectivity index (χ3v) is 4.47. The number of hydrogen-bond acceptors (Lipinski definition) is 3. The maximum atomic E-state index is 11.8. The van der Waals surface area contributed by atoms with Gasteiger partial charge in [-0.15, -0.1) is 0 Å². The molecular formula is C15H29N3O. The second-order valence-electron chi connectivity index (χ2n) is 5.95. The molecule has 1 saturated heterocycles. The molecule has 1 heterocycles.